The molecule has 7 nitrogen and oxygen atoms in total. The first-order valence-corrected chi connectivity index (χ1v) is 13.2. The van der Waals surface area contributed by atoms with Crippen molar-refractivity contribution in [3.05, 3.63) is 59.0 Å². The lowest BCUT2D eigenvalue weighted by molar-refractivity contribution is 0.102. The van der Waals surface area contributed by atoms with E-state index in [0.29, 0.717) is 29.7 Å². The number of anilines is 1. The number of amides is 1. The molecule has 33 heavy (non-hydrogen) atoms. The molecule has 0 radical (unpaired) electrons. The summed E-state index contributed by atoms with van der Waals surface area (Å²) in [5.74, 6) is 0.301. The van der Waals surface area contributed by atoms with E-state index < -0.39 is 15.9 Å². The number of benzene rings is 2. The van der Waals surface area contributed by atoms with Crippen molar-refractivity contribution >= 4 is 32.4 Å². The van der Waals surface area contributed by atoms with Crippen LogP contribution in [-0.2, 0) is 10.0 Å². The van der Waals surface area contributed by atoms with Gasteiger partial charge >= 0.3 is 0 Å². The maximum absolute atomic E-state index is 13.1. The van der Waals surface area contributed by atoms with Gasteiger partial charge in [0.25, 0.3) is 5.91 Å². The number of carbonyl (C=O) groups is 1. The van der Waals surface area contributed by atoms with Crippen LogP contribution in [0.4, 0.5) is 5.13 Å². The van der Waals surface area contributed by atoms with Crippen molar-refractivity contribution in [1.29, 1.82) is 0 Å². The fourth-order valence-electron chi connectivity index (χ4n) is 3.88. The lowest BCUT2D eigenvalue weighted by Crippen LogP contribution is -2.32. The predicted molar refractivity (Wildman–Crippen MR) is 130 cm³/mol. The van der Waals surface area contributed by atoms with Gasteiger partial charge in [0.1, 0.15) is 5.75 Å². The zero-order chi connectivity index (χ0) is 23.4. The highest BCUT2D eigenvalue weighted by atomic mass is 32.2. The van der Waals surface area contributed by atoms with Crippen LogP contribution in [0, 0.1) is 6.92 Å². The highest BCUT2D eigenvalue weighted by molar-refractivity contribution is 7.89. The summed E-state index contributed by atoms with van der Waals surface area (Å²) in [6.45, 7) is 3.02. The van der Waals surface area contributed by atoms with Crippen LogP contribution in [0.15, 0.2) is 52.7 Å². The predicted octanol–water partition coefficient (Wildman–Crippen LogP) is 4.94. The molecule has 1 aliphatic heterocycles. The highest BCUT2D eigenvalue weighted by Gasteiger charge is 2.26. The van der Waals surface area contributed by atoms with Crippen molar-refractivity contribution in [3.63, 3.8) is 0 Å². The average molecular weight is 486 g/mol. The van der Waals surface area contributed by atoms with E-state index in [1.165, 1.54) is 21.7 Å². The molecule has 0 spiro atoms. The Morgan fingerprint density at radius 2 is 1.85 bits per heavy atom. The normalized spacial score (nSPS) is 15.1. The molecule has 1 aliphatic rings. The van der Waals surface area contributed by atoms with E-state index in [0.717, 1.165) is 36.8 Å². The van der Waals surface area contributed by atoms with E-state index in [9.17, 15) is 13.2 Å². The third-order valence-corrected chi connectivity index (χ3v) is 8.31. The second-order valence-corrected chi connectivity index (χ2v) is 10.8. The molecule has 174 valence electrons. The summed E-state index contributed by atoms with van der Waals surface area (Å²) >= 11 is 1.30. The molecule has 9 heteroatoms. The number of ether oxygens (including phenoxy) is 1. The van der Waals surface area contributed by atoms with Crippen LogP contribution in [0.3, 0.4) is 0 Å². The molecule has 0 bridgehead atoms. The Bertz CT molecular complexity index is 1250. The Hall–Kier alpha value is -2.75. The van der Waals surface area contributed by atoms with Crippen LogP contribution in [0.2, 0.25) is 0 Å². The van der Waals surface area contributed by atoms with E-state index >= 15 is 0 Å². The van der Waals surface area contributed by atoms with Crippen molar-refractivity contribution in [1.82, 2.24) is 9.29 Å². The first kappa shape index (κ1) is 23.4. The SMILES string of the molecule is COc1ccc(C)cc1-c1csc(NC(=O)c2cccc(S(=O)(=O)N3CCCCCC3)c2)n1. The summed E-state index contributed by atoms with van der Waals surface area (Å²) in [5, 5.41) is 5.07. The third kappa shape index (κ3) is 5.26. The average Bonchev–Trinajstić information content (AvgIpc) is 3.09. The molecule has 1 saturated heterocycles. The maximum Gasteiger partial charge on any atom is 0.257 e. The van der Waals surface area contributed by atoms with Crippen LogP contribution in [0.5, 0.6) is 5.75 Å². The lowest BCUT2D eigenvalue weighted by Gasteiger charge is -2.20. The minimum atomic E-state index is -3.63. The Labute approximate surface area is 198 Å². The van der Waals surface area contributed by atoms with Crippen LogP contribution < -0.4 is 10.1 Å². The van der Waals surface area contributed by atoms with Gasteiger partial charge in [-0.1, -0.05) is 30.5 Å². The fraction of sp³-hybridized carbons (Fsp3) is 0.333. The maximum atomic E-state index is 13.1. The number of nitrogens with one attached hydrogen (secondary N) is 1. The molecule has 4 rings (SSSR count). The van der Waals surface area contributed by atoms with Crippen molar-refractivity contribution in [2.75, 3.05) is 25.5 Å². The first-order chi connectivity index (χ1) is 15.9. The number of carbonyl (C=O) groups excluding carboxylic acids is 1. The van der Waals surface area contributed by atoms with Gasteiger partial charge in [0.05, 0.1) is 17.7 Å². The number of rotatable bonds is 6. The molecule has 1 aromatic heterocycles. The van der Waals surface area contributed by atoms with E-state index in [1.807, 2.05) is 30.5 Å². The first-order valence-electron chi connectivity index (χ1n) is 10.9. The van der Waals surface area contributed by atoms with Gasteiger partial charge in [-0.2, -0.15) is 4.31 Å². The number of methoxy groups -OCH3 is 1. The molecule has 0 atom stereocenters. The van der Waals surface area contributed by atoms with E-state index in [4.69, 9.17) is 4.74 Å². The standard InChI is InChI=1S/C24H27N3O4S2/c1-17-10-11-22(31-2)20(14-17)21-16-32-24(25-21)26-23(28)18-8-7-9-19(15-18)33(29,30)27-12-5-3-4-6-13-27/h7-11,14-16H,3-6,12-13H2,1-2H3,(H,25,26,28). The molecule has 0 aliphatic carbocycles. The molecular formula is C24H27N3O4S2. The number of sulfonamides is 1. The second kappa shape index (κ2) is 10.0. The molecule has 0 unspecified atom stereocenters. The van der Waals surface area contributed by atoms with Gasteiger partial charge in [-0.15, -0.1) is 11.3 Å². The van der Waals surface area contributed by atoms with Crippen molar-refractivity contribution in [2.45, 2.75) is 37.5 Å². The van der Waals surface area contributed by atoms with Gasteiger partial charge < -0.3 is 4.74 Å². The Balaban J connectivity index is 1.53. The zero-order valence-electron chi connectivity index (χ0n) is 18.7. The number of hydrogen-bond donors (Lipinski definition) is 1. The van der Waals surface area contributed by atoms with Gasteiger partial charge in [0.2, 0.25) is 10.0 Å². The largest absolute Gasteiger partial charge is 0.496 e. The summed E-state index contributed by atoms with van der Waals surface area (Å²) in [5.41, 5.74) is 2.90. The van der Waals surface area contributed by atoms with E-state index in [-0.39, 0.29) is 10.5 Å². The molecule has 1 N–H and O–H groups in total. The lowest BCUT2D eigenvalue weighted by atomic mass is 10.1. The number of hydrogen-bond acceptors (Lipinski definition) is 6. The third-order valence-electron chi connectivity index (χ3n) is 5.65. The number of thiazole rings is 1. The van der Waals surface area contributed by atoms with Gasteiger partial charge in [-0.05, 0) is 50.1 Å². The molecule has 1 fully saturated rings. The monoisotopic (exact) mass is 485 g/mol. The number of nitrogens with zero attached hydrogens (tertiary/aromatic N) is 2. The van der Waals surface area contributed by atoms with Crippen LogP contribution >= 0.6 is 11.3 Å². The van der Waals surface area contributed by atoms with Crippen molar-refractivity contribution in [3.8, 4) is 17.0 Å². The summed E-state index contributed by atoms with van der Waals surface area (Å²) < 4.78 is 33.1. The van der Waals surface area contributed by atoms with Crippen LogP contribution in [0.25, 0.3) is 11.3 Å². The van der Waals surface area contributed by atoms with Gasteiger partial charge in [-0.3, -0.25) is 10.1 Å². The minimum Gasteiger partial charge on any atom is -0.496 e. The smallest absolute Gasteiger partial charge is 0.257 e. The Morgan fingerprint density at radius 1 is 1.09 bits per heavy atom. The van der Waals surface area contributed by atoms with Crippen molar-refractivity contribution in [2.24, 2.45) is 0 Å². The molecule has 2 aromatic carbocycles. The Kier molecular flexibility index (Phi) is 7.11. The Morgan fingerprint density at radius 3 is 2.58 bits per heavy atom. The van der Waals surface area contributed by atoms with E-state index in [1.54, 1.807) is 25.3 Å². The molecule has 2 heterocycles. The fourth-order valence-corrected chi connectivity index (χ4v) is 6.14. The summed E-state index contributed by atoms with van der Waals surface area (Å²) in [6, 6.07) is 12.0. The van der Waals surface area contributed by atoms with Gasteiger partial charge in [0, 0.05) is 29.6 Å². The van der Waals surface area contributed by atoms with Gasteiger partial charge in [0.15, 0.2) is 5.13 Å². The highest BCUT2D eigenvalue weighted by Crippen LogP contribution is 2.33. The molecular weight excluding hydrogens is 458 g/mol. The molecule has 3 aromatic rings. The second-order valence-electron chi connectivity index (χ2n) is 8.04. The van der Waals surface area contributed by atoms with E-state index in [2.05, 4.69) is 10.3 Å². The summed E-state index contributed by atoms with van der Waals surface area (Å²) in [4.78, 5) is 17.5. The zero-order valence-corrected chi connectivity index (χ0v) is 20.3. The van der Waals surface area contributed by atoms with Crippen molar-refractivity contribution < 1.29 is 17.9 Å². The summed E-state index contributed by atoms with van der Waals surface area (Å²) in [6.07, 6.45) is 3.80. The minimum absolute atomic E-state index is 0.140. The molecule has 1 amide bonds. The number of aromatic nitrogens is 1. The van der Waals surface area contributed by atoms with Gasteiger partial charge in [-0.25, -0.2) is 13.4 Å². The van der Waals surface area contributed by atoms with Crippen LogP contribution in [-0.4, -0.2) is 43.8 Å². The quantitative estimate of drug-likeness (QED) is 0.534. The topological polar surface area (TPSA) is 88.6 Å². The van der Waals surface area contributed by atoms with Crippen LogP contribution in [0.1, 0.15) is 41.6 Å². The number of aryl methyl sites for hydroxylation is 1. The molecule has 0 saturated carbocycles. The summed E-state index contributed by atoms with van der Waals surface area (Å²) in [7, 11) is -2.02.